The zero-order valence-electron chi connectivity index (χ0n) is 21.9. The first-order valence-corrected chi connectivity index (χ1v) is 13.4. The van der Waals surface area contributed by atoms with Crippen LogP contribution in [0.2, 0.25) is 0 Å². The van der Waals surface area contributed by atoms with Gasteiger partial charge in [0.05, 0.1) is 31.9 Å². The molecular weight excluding hydrogens is 506 g/mol. The Bertz CT molecular complexity index is 1330. The number of benzene rings is 2. The SMILES string of the molecule is CCCCCOc1ccc(C2C(=C(O)c3ccc(OC)cc3)C(=O)C(=O)N2c2nnc(C)s2)cc1OCC. The smallest absolute Gasteiger partial charge is 0.301 e. The molecule has 2 heterocycles. The van der Waals surface area contributed by atoms with E-state index >= 15 is 0 Å². The van der Waals surface area contributed by atoms with E-state index < -0.39 is 17.7 Å². The summed E-state index contributed by atoms with van der Waals surface area (Å²) in [5.41, 5.74) is 0.895. The number of hydrogen-bond donors (Lipinski definition) is 1. The molecule has 0 saturated carbocycles. The number of aromatic nitrogens is 2. The summed E-state index contributed by atoms with van der Waals surface area (Å²) in [5, 5.41) is 20.4. The number of carbonyl (C=O) groups excluding carboxylic acids is 2. The maximum absolute atomic E-state index is 13.4. The molecule has 1 N–H and O–H groups in total. The molecule has 0 bridgehead atoms. The van der Waals surface area contributed by atoms with E-state index in [0.29, 0.717) is 46.6 Å². The number of nitrogens with zero attached hydrogens (tertiary/aromatic N) is 3. The van der Waals surface area contributed by atoms with Gasteiger partial charge in [-0.05, 0) is 62.2 Å². The number of amides is 1. The van der Waals surface area contributed by atoms with Crippen molar-refractivity contribution in [2.75, 3.05) is 25.2 Å². The van der Waals surface area contributed by atoms with E-state index in [4.69, 9.17) is 14.2 Å². The highest BCUT2D eigenvalue weighted by molar-refractivity contribution is 7.15. The van der Waals surface area contributed by atoms with E-state index in [1.54, 1.807) is 49.4 Å². The maximum atomic E-state index is 13.4. The quantitative estimate of drug-likeness (QED) is 0.149. The number of hydrogen-bond acceptors (Lipinski definition) is 9. The molecule has 2 aromatic carbocycles. The number of Topliss-reactive ketones (excluding diaryl/α,β-unsaturated/α-hetero) is 1. The van der Waals surface area contributed by atoms with Crippen molar-refractivity contribution in [3.8, 4) is 17.2 Å². The predicted octanol–water partition coefficient (Wildman–Crippen LogP) is 5.45. The first-order valence-electron chi connectivity index (χ1n) is 12.5. The lowest BCUT2D eigenvalue weighted by atomic mass is 9.95. The Morgan fingerprint density at radius 1 is 1.03 bits per heavy atom. The van der Waals surface area contributed by atoms with E-state index in [1.165, 1.54) is 23.3 Å². The summed E-state index contributed by atoms with van der Waals surface area (Å²) in [6, 6.07) is 11.0. The van der Waals surface area contributed by atoms with Crippen LogP contribution in [0.15, 0.2) is 48.0 Å². The van der Waals surface area contributed by atoms with Crippen LogP contribution in [0.5, 0.6) is 17.2 Å². The Kier molecular flexibility index (Phi) is 8.62. The van der Waals surface area contributed by atoms with Gasteiger partial charge in [0.15, 0.2) is 11.5 Å². The summed E-state index contributed by atoms with van der Waals surface area (Å²) in [6.45, 7) is 6.71. The second-order valence-electron chi connectivity index (χ2n) is 8.70. The number of ketones is 1. The second kappa shape index (κ2) is 12.1. The molecule has 0 radical (unpaired) electrons. The molecule has 4 rings (SSSR count). The lowest BCUT2D eigenvalue weighted by Gasteiger charge is -2.23. The van der Waals surface area contributed by atoms with Crippen LogP contribution >= 0.6 is 11.3 Å². The van der Waals surface area contributed by atoms with Crippen molar-refractivity contribution in [2.45, 2.75) is 46.1 Å². The topological polar surface area (TPSA) is 111 Å². The van der Waals surface area contributed by atoms with Gasteiger partial charge in [-0.15, -0.1) is 10.2 Å². The van der Waals surface area contributed by atoms with Crippen molar-refractivity contribution in [2.24, 2.45) is 0 Å². The first-order chi connectivity index (χ1) is 18.4. The molecule has 1 aromatic heterocycles. The largest absolute Gasteiger partial charge is 0.507 e. The van der Waals surface area contributed by atoms with Crippen molar-refractivity contribution in [1.82, 2.24) is 10.2 Å². The summed E-state index contributed by atoms with van der Waals surface area (Å²) in [6.07, 6.45) is 3.06. The molecule has 1 saturated heterocycles. The molecule has 0 spiro atoms. The first kappa shape index (κ1) is 27.1. The van der Waals surface area contributed by atoms with Crippen LogP contribution in [0.3, 0.4) is 0 Å². The number of ether oxygens (including phenoxy) is 3. The summed E-state index contributed by atoms with van der Waals surface area (Å²) < 4.78 is 17.0. The number of unbranched alkanes of at least 4 members (excludes halogenated alkanes) is 2. The summed E-state index contributed by atoms with van der Waals surface area (Å²) in [5.74, 6) is -0.236. The van der Waals surface area contributed by atoms with E-state index in [9.17, 15) is 14.7 Å². The molecule has 3 aromatic rings. The predicted molar refractivity (Wildman–Crippen MR) is 145 cm³/mol. The van der Waals surface area contributed by atoms with Gasteiger partial charge in [-0.25, -0.2) is 0 Å². The van der Waals surface area contributed by atoms with Crippen molar-refractivity contribution in [3.63, 3.8) is 0 Å². The van der Waals surface area contributed by atoms with Gasteiger partial charge in [0.25, 0.3) is 5.78 Å². The van der Waals surface area contributed by atoms with Crippen molar-refractivity contribution < 1.29 is 28.9 Å². The molecule has 38 heavy (non-hydrogen) atoms. The standard InChI is InChI=1S/C28H31N3O6S/c1-5-7-8-15-37-21-14-11-19(16-22(21)36-6-2)24-23(25(32)18-9-12-20(35-4)13-10-18)26(33)27(34)31(24)28-30-29-17(3)38-28/h9-14,16,24,32H,5-8,15H2,1-4H3. The summed E-state index contributed by atoms with van der Waals surface area (Å²) >= 11 is 1.19. The summed E-state index contributed by atoms with van der Waals surface area (Å²) in [7, 11) is 1.54. The van der Waals surface area contributed by atoms with Gasteiger partial charge >= 0.3 is 5.91 Å². The number of aliphatic hydroxyl groups excluding tert-OH is 1. The van der Waals surface area contributed by atoms with E-state index in [1.807, 2.05) is 6.92 Å². The maximum Gasteiger partial charge on any atom is 0.301 e. The van der Waals surface area contributed by atoms with E-state index in [0.717, 1.165) is 19.3 Å². The van der Waals surface area contributed by atoms with Crippen molar-refractivity contribution in [3.05, 3.63) is 64.2 Å². The Balaban J connectivity index is 1.83. The molecule has 9 nitrogen and oxygen atoms in total. The van der Waals surface area contributed by atoms with E-state index in [2.05, 4.69) is 17.1 Å². The van der Waals surface area contributed by atoms with Gasteiger partial charge in [0.2, 0.25) is 5.13 Å². The number of rotatable bonds is 11. The molecular formula is C28H31N3O6S. The van der Waals surface area contributed by atoms with Crippen LogP contribution in [0.1, 0.15) is 55.3 Å². The second-order valence-corrected chi connectivity index (χ2v) is 9.86. The Morgan fingerprint density at radius 2 is 1.79 bits per heavy atom. The third kappa shape index (κ3) is 5.50. The number of carbonyl (C=O) groups is 2. The van der Waals surface area contributed by atoms with Crippen LogP contribution < -0.4 is 19.1 Å². The normalized spacial score (nSPS) is 16.6. The van der Waals surface area contributed by atoms with Gasteiger partial charge in [0.1, 0.15) is 16.5 Å². The summed E-state index contributed by atoms with van der Waals surface area (Å²) in [4.78, 5) is 28.0. The minimum Gasteiger partial charge on any atom is -0.507 e. The Morgan fingerprint density at radius 3 is 2.42 bits per heavy atom. The lowest BCUT2D eigenvalue weighted by molar-refractivity contribution is -0.132. The molecule has 1 fully saturated rings. The Labute approximate surface area is 225 Å². The van der Waals surface area contributed by atoms with Crippen molar-refractivity contribution in [1.29, 1.82) is 0 Å². The van der Waals surface area contributed by atoms with Crippen LogP contribution in [0.25, 0.3) is 5.76 Å². The van der Waals surface area contributed by atoms with Gasteiger partial charge in [-0.3, -0.25) is 14.5 Å². The molecule has 1 aliphatic heterocycles. The fourth-order valence-corrected chi connectivity index (χ4v) is 4.96. The Hall–Kier alpha value is -3.92. The fourth-order valence-electron chi connectivity index (χ4n) is 4.25. The zero-order valence-corrected chi connectivity index (χ0v) is 22.7. The van der Waals surface area contributed by atoms with Gasteiger partial charge < -0.3 is 19.3 Å². The molecule has 0 aliphatic carbocycles. The van der Waals surface area contributed by atoms with Crippen LogP contribution in [0, 0.1) is 6.92 Å². The molecule has 200 valence electrons. The number of aliphatic hydroxyl groups is 1. The number of aryl methyl sites for hydroxylation is 1. The third-order valence-corrected chi connectivity index (χ3v) is 6.96. The van der Waals surface area contributed by atoms with Crippen LogP contribution in [-0.2, 0) is 9.59 Å². The number of methoxy groups -OCH3 is 1. The minimum atomic E-state index is -0.946. The lowest BCUT2D eigenvalue weighted by Crippen LogP contribution is -2.29. The minimum absolute atomic E-state index is 0.0490. The zero-order chi connectivity index (χ0) is 27.2. The fraction of sp³-hybridized carbons (Fsp3) is 0.357. The molecule has 1 amide bonds. The van der Waals surface area contributed by atoms with Gasteiger partial charge in [-0.2, -0.15) is 0 Å². The average molecular weight is 538 g/mol. The van der Waals surface area contributed by atoms with Crippen LogP contribution in [-0.4, -0.2) is 47.3 Å². The highest BCUT2D eigenvalue weighted by Crippen LogP contribution is 2.45. The van der Waals surface area contributed by atoms with Gasteiger partial charge in [-0.1, -0.05) is 37.2 Å². The average Bonchev–Trinajstić information content (AvgIpc) is 3.47. The molecule has 1 atom stereocenters. The molecule has 1 unspecified atom stereocenters. The molecule has 1 aliphatic rings. The molecule has 10 heteroatoms. The van der Waals surface area contributed by atoms with Gasteiger partial charge in [0, 0.05) is 5.56 Å². The van der Waals surface area contributed by atoms with Crippen molar-refractivity contribution >= 4 is 33.9 Å². The monoisotopic (exact) mass is 537 g/mol. The third-order valence-electron chi connectivity index (χ3n) is 6.12. The van der Waals surface area contributed by atoms with Crippen LogP contribution in [0.4, 0.5) is 5.13 Å². The highest BCUT2D eigenvalue weighted by Gasteiger charge is 2.48. The number of anilines is 1. The van der Waals surface area contributed by atoms with E-state index in [-0.39, 0.29) is 16.5 Å². The highest BCUT2D eigenvalue weighted by atomic mass is 32.1.